The summed E-state index contributed by atoms with van der Waals surface area (Å²) in [6, 6.07) is 19.9. The number of carboxylic acid groups (broad SMARTS) is 1. The standard InChI is InChI=1S/C37H43ClN2O4/c1-5-6-8-26-11-13-29(14-12-26)23(2)39-36(41)30-15-16-33-34(24(3)40(35(33)20-30)22-27-9-7-10-27)19-28-17-31(38)21-32(18-28)44-25(4)37(42)43/h11-18,20-21,23,25,27H,5-10,19,22H2,1-4H3,(H,39,41)(H,42,43)/t23-,25-/m0/s1. The number of nitrogens with one attached hydrogen (secondary N) is 1. The maximum atomic E-state index is 13.5. The molecule has 1 amide bonds. The third-order valence-corrected chi connectivity index (χ3v) is 9.22. The number of halogens is 1. The Bertz CT molecular complexity index is 1640. The number of rotatable bonds is 13. The van der Waals surface area contributed by atoms with Crippen LogP contribution in [0.4, 0.5) is 0 Å². The molecule has 7 heteroatoms. The van der Waals surface area contributed by atoms with Crippen molar-refractivity contribution in [1.29, 1.82) is 0 Å². The summed E-state index contributed by atoms with van der Waals surface area (Å²) in [5.74, 6) is -0.0502. The molecule has 1 aliphatic rings. The number of hydrogen-bond acceptors (Lipinski definition) is 3. The van der Waals surface area contributed by atoms with E-state index in [1.54, 1.807) is 6.07 Å². The van der Waals surface area contributed by atoms with Gasteiger partial charge in [-0.25, -0.2) is 4.79 Å². The summed E-state index contributed by atoms with van der Waals surface area (Å²) < 4.78 is 8.00. The molecule has 2 atom stereocenters. The van der Waals surface area contributed by atoms with E-state index in [0.29, 0.717) is 28.7 Å². The van der Waals surface area contributed by atoms with Gasteiger partial charge in [0.2, 0.25) is 0 Å². The second kappa shape index (κ2) is 13.9. The van der Waals surface area contributed by atoms with Gasteiger partial charge in [-0.15, -0.1) is 0 Å². The summed E-state index contributed by atoms with van der Waals surface area (Å²) in [6.45, 7) is 8.80. The molecule has 1 fully saturated rings. The number of aryl methyl sites for hydroxylation is 1. The highest BCUT2D eigenvalue weighted by Gasteiger charge is 2.23. The molecule has 0 unspecified atom stereocenters. The number of carbonyl (C=O) groups is 2. The fourth-order valence-electron chi connectivity index (χ4n) is 6.05. The average molecular weight is 615 g/mol. The minimum absolute atomic E-state index is 0.0887. The van der Waals surface area contributed by atoms with Crippen molar-refractivity contribution in [2.75, 3.05) is 0 Å². The van der Waals surface area contributed by atoms with Crippen molar-refractivity contribution in [3.05, 3.63) is 99.2 Å². The number of nitrogens with zero attached hydrogens (tertiary/aromatic N) is 1. The lowest BCUT2D eigenvalue weighted by Crippen LogP contribution is -2.26. The molecule has 44 heavy (non-hydrogen) atoms. The highest BCUT2D eigenvalue weighted by Crippen LogP contribution is 2.35. The molecule has 3 aromatic carbocycles. The largest absolute Gasteiger partial charge is 0.479 e. The van der Waals surface area contributed by atoms with Crippen molar-refractivity contribution < 1.29 is 19.4 Å². The number of fused-ring (bicyclic) bond motifs is 1. The molecule has 1 heterocycles. The van der Waals surface area contributed by atoms with E-state index < -0.39 is 12.1 Å². The number of unbranched alkanes of at least 4 members (excludes halogenated alkanes) is 1. The molecule has 1 aliphatic carbocycles. The van der Waals surface area contributed by atoms with Crippen LogP contribution in [0.1, 0.15) is 97.2 Å². The number of ether oxygens (including phenoxy) is 1. The maximum Gasteiger partial charge on any atom is 0.344 e. The van der Waals surface area contributed by atoms with E-state index in [4.69, 9.17) is 16.3 Å². The first kappa shape index (κ1) is 31.6. The Kier molecular flexibility index (Phi) is 10.00. The van der Waals surface area contributed by atoms with Gasteiger partial charge >= 0.3 is 5.97 Å². The number of carbonyl (C=O) groups excluding carboxylic acids is 1. The molecular formula is C37H43ClN2O4. The monoisotopic (exact) mass is 614 g/mol. The Labute approximate surface area is 265 Å². The summed E-state index contributed by atoms with van der Waals surface area (Å²) in [6.07, 6.45) is 6.77. The molecule has 1 aromatic heterocycles. The van der Waals surface area contributed by atoms with Gasteiger partial charge in [0.15, 0.2) is 6.10 Å². The van der Waals surface area contributed by atoms with E-state index in [-0.39, 0.29) is 11.9 Å². The predicted molar refractivity (Wildman–Crippen MR) is 177 cm³/mol. The SMILES string of the molecule is CCCCc1ccc([C@H](C)NC(=O)c2ccc3c(Cc4cc(Cl)cc(O[C@@H](C)C(=O)O)c4)c(C)n(CC4CCC4)c3c2)cc1. The summed E-state index contributed by atoms with van der Waals surface area (Å²) >= 11 is 6.43. The molecule has 4 aromatic rings. The van der Waals surface area contributed by atoms with E-state index in [1.807, 2.05) is 31.2 Å². The van der Waals surface area contributed by atoms with Crippen LogP contribution >= 0.6 is 11.6 Å². The van der Waals surface area contributed by atoms with Gasteiger partial charge in [0.05, 0.1) is 6.04 Å². The summed E-state index contributed by atoms with van der Waals surface area (Å²) in [4.78, 5) is 24.8. The van der Waals surface area contributed by atoms with Gasteiger partial charge < -0.3 is 19.7 Å². The van der Waals surface area contributed by atoms with E-state index in [0.717, 1.165) is 35.0 Å². The van der Waals surface area contributed by atoms with Crippen LogP contribution in [0.3, 0.4) is 0 Å². The highest BCUT2D eigenvalue weighted by molar-refractivity contribution is 6.30. The molecule has 232 valence electrons. The third-order valence-electron chi connectivity index (χ3n) is 9.00. The first-order valence-corrected chi connectivity index (χ1v) is 16.2. The van der Waals surface area contributed by atoms with Crippen LogP contribution in [0.25, 0.3) is 10.9 Å². The fraction of sp³-hybridized carbons (Fsp3) is 0.405. The Morgan fingerprint density at radius 2 is 1.80 bits per heavy atom. The number of amides is 1. The van der Waals surface area contributed by atoms with Crippen molar-refractivity contribution in [3.8, 4) is 5.75 Å². The number of benzene rings is 3. The zero-order valence-corrected chi connectivity index (χ0v) is 26.9. The lowest BCUT2D eigenvalue weighted by Gasteiger charge is -2.27. The highest BCUT2D eigenvalue weighted by atomic mass is 35.5. The fourth-order valence-corrected chi connectivity index (χ4v) is 6.30. The zero-order chi connectivity index (χ0) is 31.4. The van der Waals surface area contributed by atoms with Crippen LogP contribution in [-0.2, 0) is 24.2 Å². The van der Waals surface area contributed by atoms with E-state index in [9.17, 15) is 14.7 Å². The van der Waals surface area contributed by atoms with Gasteiger partial charge in [-0.05, 0) is 105 Å². The second-order valence-corrected chi connectivity index (χ2v) is 12.8. The van der Waals surface area contributed by atoms with Crippen molar-refractivity contribution in [3.63, 3.8) is 0 Å². The zero-order valence-electron chi connectivity index (χ0n) is 26.2. The molecule has 0 spiro atoms. The topological polar surface area (TPSA) is 80.6 Å². The van der Waals surface area contributed by atoms with Gasteiger partial charge in [-0.1, -0.05) is 61.7 Å². The van der Waals surface area contributed by atoms with Crippen LogP contribution in [0, 0.1) is 12.8 Å². The first-order valence-electron chi connectivity index (χ1n) is 15.8. The number of carboxylic acids is 1. The van der Waals surface area contributed by atoms with Crippen LogP contribution in [0.15, 0.2) is 60.7 Å². The summed E-state index contributed by atoms with van der Waals surface area (Å²) in [5.41, 5.74) is 7.40. The van der Waals surface area contributed by atoms with Crippen molar-refractivity contribution in [2.45, 2.75) is 91.3 Å². The lowest BCUT2D eigenvalue weighted by atomic mass is 9.85. The Balaban J connectivity index is 1.41. The average Bonchev–Trinajstić information content (AvgIpc) is 3.22. The van der Waals surface area contributed by atoms with Gasteiger partial charge in [0, 0.05) is 40.1 Å². The Hall–Kier alpha value is -3.77. The van der Waals surface area contributed by atoms with Crippen LogP contribution in [0.2, 0.25) is 5.02 Å². The maximum absolute atomic E-state index is 13.5. The molecular weight excluding hydrogens is 572 g/mol. The van der Waals surface area contributed by atoms with E-state index in [2.05, 4.69) is 54.1 Å². The smallest absolute Gasteiger partial charge is 0.344 e. The molecule has 5 rings (SSSR count). The number of aromatic nitrogens is 1. The first-order chi connectivity index (χ1) is 21.1. The molecule has 1 saturated carbocycles. The molecule has 0 saturated heterocycles. The quantitative estimate of drug-likeness (QED) is 0.158. The minimum atomic E-state index is -1.03. The van der Waals surface area contributed by atoms with Crippen molar-refractivity contribution in [1.82, 2.24) is 9.88 Å². The van der Waals surface area contributed by atoms with Gasteiger partial charge in [-0.3, -0.25) is 4.79 Å². The summed E-state index contributed by atoms with van der Waals surface area (Å²) in [5, 5.41) is 14.1. The lowest BCUT2D eigenvalue weighted by molar-refractivity contribution is -0.144. The Morgan fingerprint density at radius 3 is 2.45 bits per heavy atom. The normalized spacial score (nSPS) is 14.7. The summed E-state index contributed by atoms with van der Waals surface area (Å²) in [7, 11) is 0. The number of aliphatic carboxylic acids is 1. The second-order valence-electron chi connectivity index (χ2n) is 12.3. The van der Waals surface area contributed by atoms with Crippen LogP contribution in [0.5, 0.6) is 5.75 Å². The molecule has 0 radical (unpaired) electrons. The van der Waals surface area contributed by atoms with Gasteiger partial charge in [-0.2, -0.15) is 0 Å². The van der Waals surface area contributed by atoms with Gasteiger partial charge in [0.25, 0.3) is 5.91 Å². The van der Waals surface area contributed by atoms with Crippen LogP contribution < -0.4 is 10.1 Å². The molecule has 0 bridgehead atoms. The van der Waals surface area contributed by atoms with Crippen molar-refractivity contribution in [2.24, 2.45) is 5.92 Å². The van der Waals surface area contributed by atoms with Crippen molar-refractivity contribution >= 4 is 34.4 Å². The van der Waals surface area contributed by atoms with Crippen LogP contribution in [-0.4, -0.2) is 27.7 Å². The Morgan fingerprint density at radius 1 is 1.05 bits per heavy atom. The third kappa shape index (κ3) is 7.29. The predicted octanol–water partition coefficient (Wildman–Crippen LogP) is 8.68. The molecule has 6 nitrogen and oxygen atoms in total. The molecule has 0 aliphatic heterocycles. The van der Waals surface area contributed by atoms with Gasteiger partial charge in [0.1, 0.15) is 5.75 Å². The molecule has 2 N–H and O–H groups in total. The minimum Gasteiger partial charge on any atom is -0.479 e. The van der Waals surface area contributed by atoms with E-state index >= 15 is 0 Å². The number of hydrogen-bond donors (Lipinski definition) is 2. The van der Waals surface area contributed by atoms with E-state index in [1.165, 1.54) is 55.8 Å².